The van der Waals surface area contributed by atoms with Gasteiger partial charge in [0.1, 0.15) is 0 Å². The van der Waals surface area contributed by atoms with Gasteiger partial charge in [0.2, 0.25) is 5.91 Å². The van der Waals surface area contributed by atoms with Crippen LogP contribution in [-0.4, -0.2) is 48.9 Å². The number of nitrogens with zero attached hydrogens (tertiary/aromatic N) is 1. The first-order valence-electron chi connectivity index (χ1n) is 10.7. The number of nitrogens with two attached hydrogens (primary N) is 1. The first-order valence-corrected chi connectivity index (χ1v) is 10.7. The Bertz CT molecular complexity index is 697. The smallest absolute Gasteiger partial charge is 0.251 e. The molecule has 6 nitrogen and oxygen atoms in total. The van der Waals surface area contributed by atoms with Gasteiger partial charge in [-0.1, -0.05) is 12.1 Å². The number of carbonyl (C=O) groups excluding carboxylic acids is 2. The molecule has 6 heteroatoms. The second-order valence-electron chi connectivity index (χ2n) is 8.66. The third-order valence-corrected chi connectivity index (χ3v) is 6.88. The molecule has 28 heavy (non-hydrogen) atoms. The van der Waals surface area contributed by atoms with E-state index in [2.05, 4.69) is 15.5 Å². The van der Waals surface area contributed by atoms with Crippen LogP contribution < -0.4 is 16.4 Å². The molecule has 1 aliphatic heterocycles. The lowest BCUT2D eigenvalue weighted by molar-refractivity contribution is -0.127. The van der Waals surface area contributed by atoms with Crippen molar-refractivity contribution in [2.24, 2.45) is 23.5 Å². The van der Waals surface area contributed by atoms with Crippen molar-refractivity contribution in [1.82, 2.24) is 15.5 Å². The normalized spacial score (nSPS) is 29.2. The minimum atomic E-state index is -0.0391. The van der Waals surface area contributed by atoms with Gasteiger partial charge in [-0.25, -0.2) is 0 Å². The van der Waals surface area contributed by atoms with E-state index in [1.54, 1.807) is 0 Å². The molecule has 4 unspecified atom stereocenters. The number of nitrogens with one attached hydrogen (secondary N) is 2. The fourth-order valence-corrected chi connectivity index (χ4v) is 5.24. The van der Waals surface area contributed by atoms with E-state index < -0.39 is 0 Å². The van der Waals surface area contributed by atoms with Crippen LogP contribution in [0.4, 0.5) is 0 Å². The Morgan fingerprint density at radius 3 is 2.43 bits per heavy atom. The molecule has 0 radical (unpaired) electrons. The molecule has 2 amide bonds. The molecule has 4 N–H and O–H groups in total. The van der Waals surface area contributed by atoms with Gasteiger partial charge in [0.15, 0.2) is 0 Å². The molecule has 2 aliphatic carbocycles. The number of carbonyl (C=O) groups is 2. The minimum Gasteiger partial charge on any atom is -0.352 e. The van der Waals surface area contributed by atoms with Gasteiger partial charge in [-0.15, -0.1) is 0 Å². The molecule has 2 bridgehead atoms. The lowest BCUT2D eigenvalue weighted by Crippen LogP contribution is -2.45. The first kappa shape index (κ1) is 19.4. The molecule has 3 aliphatic rings. The Kier molecular flexibility index (Phi) is 5.97. The average Bonchev–Trinajstić information content (AvgIpc) is 3.44. The maximum absolute atomic E-state index is 12.6. The summed E-state index contributed by atoms with van der Waals surface area (Å²) in [7, 11) is 0. The Balaban J connectivity index is 1.22. The molecule has 0 spiro atoms. The van der Waals surface area contributed by atoms with Gasteiger partial charge in [0, 0.05) is 31.2 Å². The van der Waals surface area contributed by atoms with Crippen molar-refractivity contribution in [2.45, 2.75) is 44.7 Å². The quantitative estimate of drug-likeness (QED) is 0.665. The molecule has 3 fully saturated rings. The van der Waals surface area contributed by atoms with Gasteiger partial charge >= 0.3 is 0 Å². The molecule has 2 saturated carbocycles. The van der Waals surface area contributed by atoms with E-state index in [4.69, 9.17) is 5.73 Å². The number of hydrogen-bond donors (Lipinski definition) is 3. The van der Waals surface area contributed by atoms with Crippen molar-refractivity contribution in [1.29, 1.82) is 0 Å². The number of rotatable bonds is 7. The Morgan fingerprint density at radius 1 is 1.04 bits per heavy atom. The van der Waals surface area contributed by atoms with Crippen molar-refractivity contribution < 1.29 is 9.59 Å². The van der Waals surface area contributed by atoms with Gasteiger partial charge in [-0.2, -0.15) is 0 Å². The molecule has 1 aromatic rings. The number of benzene rings is 1. The summed E-state index contributed by atoms with van der Waals surface area (Å²) in [6.45, 7) is 4.37. The van der Waals surface area contributed by atoms with Gasteiger partial charge in [0.05, 0.1) is 5.92 Å². The fourth-order valence-electron chi connectivity index (χ4n) is 5.24. The van der Waals surface area contributed by atoms with Crippen LogP contribution in [0, 0.1) is 17.8 Å². The zero-order valence-electron chi connectivity index (χ0n) is 16.5. The zero-order chi connectivity index (χ0) is 19.5. The van der Waals surface area contributed by atoms with E-state index in [9.17, 15) is 9.59 Å². The maximum atomic E-state index is 12.6. The summed E-state index contributed by atoms with van der Waals surface area (Å²) in [5, 5.41) is 6.03. The second kappa shape index (κ2) is 8.62. The predicted octanol–water partition coefficient (Wildman–Crippen LogP) is 1.50. The summed E-state index contributed by atoms with van der Waals surface area (Å²) >= 11 is 0. The molecule has 152 valence electrons. The molecule has 4 rings (SSSR count). The second-order valence-corrected chi connectivity index (χ2v) is 8.66. The maximum Gasteiger partial charge on any atom is 0.251 e. The molecule has 1 heterocycles. The summed E-state index contributed by atoms with van der Waals surface area (Å²) < 4.78 is 0. The van der Waals surface area contributed by atoms with Crippen LogP contribution in [0.2, 0.25) is 0 Å². The van der Waals surface area contributed by atoms with E-state index in [1.807, 2.05) is 24.3 Å². The largest absolute Gasteiger partial charge is 0.352 e. The Labute approximate surface area is 167 Å². The first-order chi connectivity index (χ1) is 13.6. The lowest BCUT2D eigenvalue weighted by atomic mass is 9.84. The van der Waals surface area contributed by atoms with Crippen LogP contribution in [0.1, 0.15) is 48.0 Å². The van der Waals surface area contributed by atoms with Crippen molar-refractivity contribution in [3.8, 4) is 0 Å². The highest BCUT2D eigenvalue weighted by molar-refractivity contribution is 5.94. The van der Waals surface area contributed by atoms with Crippen molar-refractivity contribution in [2.75, 3.05) is 26.2 Å². The zero-order valence-corrected chi connectivity index (χ0v) is 16.5. The molecule has 4 atom stereocenters. The number of likely N-dealkylation sites (tertiary alicyclic amines) is 1. The van der Waals surface area contributed by atoms with E-state index in [-0.39, 0.29) is 23.8 Å². The molecule has 1 aromatic carbocycles. The van der Waals surface area contributed by atoms with Gasteiger partial charge in [-0.3, -0.25) is 9.59 Å². The Hall–Kier alpha value is -1.92. The summed E-state index contributed by atoms with van der Waals surface area (Å²) in [5.41, 5.74) is 7.92. The van der Waals surface area contributed by atoms with Crippen LogP contribution in [0.25, 0.3) is 0 Å². The SMILES string of the molecule is NC1C2CCC(C2)C1C(=O)NCc1ccc(C(=O)NCCN2CCCC2)cc1. The summed E-state index contributed by atoms with van der Waals surface area (Å²) in [6, 6.07) is 7.50. The molecule has 1 saturated heterocycles. The van der Waals surface area contributed by atoms with Gasteiger partial charge in [0.25, 0.3) is 5.91 Å². The van der Waals surface area contributed by atoms with E-state index in [0.717, 1.165) is 38.0 Å². The highest BCUT2D eigenvalue weighted by Crippen LogP contribution is 2.47. The van der Waals surface area contributed by atoms with Gasteiger partial charge < -0.3 is 21.3 Å². The topological polar surface area (TPSA) is 87.5 Å². The van der Waals surface area contributed by atoms with Crippen LogP contribution in [0.15, 0.2) is 24.3 Å². The highest BCUT2D eigenvalue weighted by atomic mass is 16.2. The summed E-state index contributed by atoms with van der Waals surface area (Å²) in [6.07, 6.45) is 5.95. The van der Waals surface area contributed by atoms with Gasteiger partial charge in [-0.05, 0) is 74.7 Å². The van der Waals surface area contributed by atoms with Crippen LogP contribution in [-0.2, 0) is 11.3 Å². The van der Waals surface area contributed by atoms with Crippen molar-refractivity contribution in [3.05, 3.63) is 35.4 Å². The standard InChI is InChI=1S/C22H32N4O2/c23-20-18-8-7-17(13-18)19(20)22(28)25-14-15-3-5-16(6-4-15)21(27)24-9-12-26-10-1-2-11-26/h3-6,17-20H,1-2,7-14,23H2,(H,24,27)(H,25,28). The van der Waals surface area contributed by atoms with Crippen molar-refractivity contribution in [3.63, 3.8) is 0 Å². The fraction of sp³-hybridized carbons (Fsp3) is 0.636. The van der Waals surface area contributed by atoms with Crippen LogP contribution in [0.5, 0.6) is 0 Å². The van der Waals surface area contributed by atoms with E-state index in [0.29, 0.717) is 30.5 Å². The predicted molar refractivity (Wildman–Crippen MR) is 109 cm³/mol. The third-order valence-electron chi connectivity index (χ3n) is 6.88. The van der Waals surface area contributed by atoms with Crippen LogP contribution >= 0.6 is 0 Å². The minimum absolute atomic E-state index is 0.0189. The van der Waals surface area contributed by atoms with E-state index in [1.165, 1.54) is 19.3 Å². The summed E-state index contributed by atoms with van der Waals surface area (Å²) in [5.74, 6) is 1.02. The number of amides is 2. The Morgan fingerprint density at radius 2 is 1.75 bits per heavy atom. The molecular formula is C22H32N4O2. The highest BCUT2D eigenvalue weighted by Gasteiger charge is 2.48. The number of fused-ring (bicyclic) bond motifs is 2. The third kappa shape index (κ3) is 4.23. The molecule has 0 aromatic heterocycles. The van der Waals surface area contributed by atoms with Crippen molar-refractivity contribution >= 4 is 11.8 Å². The van der Waals surface area contributed by atoms with Crippen LogP contribution in [0.3, 0.4) is 0 Å². The van der Waals surface area contributed by atoms with E-state index >= 15 is 0 Å². The summed E-state index contributed by atoms with van der Waals surface area (Å²) in [4.78, 5) is 27.2. The average molecular weight is 385 g/mol. The lowest BCUT2D eigenvalue weighted by Gasteiger charge is -2.27. The monoisotopic (exact) mass is 384 g/mol. The molecular weight excluding hydrogens is 352 g/mol. The number of hydrogen-bond acceptors (Lipinski definition) is 4.